The van der Waals surface area contributed by atoms with E-state index < -0.39 is 28.6 Å². The van der Waals surface area contributed by atoms with Crippen molar-refractivity contribution < 1.29 is 23.4 Å². The minimum absolute atomic E-state index is 0.0212. The van der Waals surface area contributed by atoms with Crippen molar-refractivity contribution in [1.29, 1.82) is 0 Å². The molecule has 3 N–H and O–H groups in total. The average molecular weight is 287 g/mol. The van der Waals surface area contributed by atoms with Gasteiger partial charge >= 0.3 is 5.97 Å². The predicted molar refractivity (Wildman–Crippen MR) is 69.3 cm³/mol. The number of hydrogen-bond acceptors (Lipinski definition) is 4. The number of aliphatic carboxylic acids is 1. The molecule has 7 heteroatoms. The minimum atomic E-state index is -3.94. The molecule has 0 saturated carbocycles. The highest BCUT2D eigenvalue weighted by Gasteiger charge is 2.24. The van der Waals surface area contributed by atoms with Gasteiger partial charge < -0.3 is 10.2 Å². The Balaban J connectivity index is 2.90. The Kier molecular flexibility index (Phi) is 5.46. The Labute approximate surface area is 112 Å². The number of aryl methyl sites for hydroxylation is 1. The third-order valence-corrected chi connectivity index (χ3v) is 4.04. The average Bonchev–Trinajstić information content (AvgIpc) is 2.37. The zero-order valence-corrected chi connectivity index (χ0v) is 11.4. The van der Waals surface area contributed by atoms with E-state index in [2.05, 4.69) is 0 Å². The Hall–Kier alpha value is -1.44. The molecule has 0 aromatic heterocycles. The molecule has 1 unspecified atom stereocenters. The summed E-state index contributed by atoms with van der Waals surface area (Å²) in [7, 11) is -3.94. The molecule has 0 aliphatic heterocycles. The van der Waals surface area contributed by atoms with Crippen LogP contribution in [0.4, 0.5) is 0 Å². The summed E-state index contributed by atoms with van der Waals surface area (Å²) in [5.74, 6) is -1.42. The standard InChI is InChI=1S/C12H17NO5S/c1-2-3-9-4-6-10(7-5-9)19(17,18)13-11(8-14)12(15)16/h4-7,11,13-14H,2-3,8H2,1H3,(H,15,16). The van der Waals surface area contributed by atoms with Gasteiger partial charge in [0, 0.05) is 0 Å². The molecule has 0 radical (unpaired) electrons. The lowest BCUT2D eigenvalue weighted by Crippen LogP contribution is -2.43. The molecule has 1 aromatic rings. The molecule has 106 valence electrons. The summed E-state index contributed by atoms with van der Waals surface area (Å²) >= 11 is 0. The number of sulfonamides is 1. The van der Waals surface area contributed by atoms with Crippen LogP contribution in [0.25, 0.3) is 0 Å². The van der Waals surface area contributed by atoms with Gasteiger partial charge in [0.1, 0.15) is 6.04 Å². The first-order chi connectivity index (χ1) is 8.90. The summed E-state index contributed by atoms with van der Waals surface area (Å²) in [6.07, 6.45) is 1.80. The highest BCUT2D eigenvalue weighted by atomic mass is 32.2. The lowest BCUT2D eigenvalue weighted by Gasteiger charge is -2.12. The van der Waals surface area contributed by atoms with Gasteiger partial charge in [-0.25, -0.2) is 8.42 Å². The zero-order valence-electron chi connectivity index (χ0n) is 10.5. The van der Waals surface area contributed by atoms with Crippen molar-refractivity contribution in [3.63, 3.8) is 0 Å². The maximum atomic E-state index is 11.9. The van der Waals surface area contributed by atoms with Crippen LogP contribution in [0.5, 0.6) is 0 Å². The lowest BCUT2D eigenvalue weighted by molar-refractivity contribution is -0.139. The van der Waals surface area contributed by atoms with E-state index in [0.29, 0.717) is 0 Å². The van der Waals surface area contributed by atoms with Crippen LogP contribution in [0.1, 0.15) is 18.9 Å². The van der Waals surface area contributed by atoms with Crippen LogP contribution < -0.4 is 4.72 Å². The number of aliphatic hydroxyl groups is 1. The molecular formula is C12H17NO5S. The Bertz CT molecular complexity index is 524. The maximum Gasteiger partial charge on any atom is 0.324 e. The largest absolute Gasteiger partial charge is 0.480 e. The van der Waals surface area contributed by atoms with E-state index in [0.717, 1.165) is 18.4 Å². The third kappa shape index (κ3) is 4.30. The summed E-state index contributed by atoms with van der Waals surface area (Å²) in [6, 6.07) is 4.67. The molecule has 1 rings (SSSR count). The number of carbonyl (C=O) groups is 1. The van der Waals surface area contributed by atoms with E-state index in [4.69, 9.17) is 10.2 Å². The Morgan fingerprint density at radius 3 is 2.32 bits per heavy atom. The highest BCUT2D eigenvalue weighted by Crippen LogP contribution is 2.12. The second-order valence-corrected chi connectivity index (χ2v) is 5.80. The molecule has 0 saturated heterocycles. The van der Waals surface area contributed by atoms with Gasteiger partial charge in [0.05, 0.1) is 11.5 Å². The first kappa shape index (κ1) is 15.6. The molecular weight excluding hydrogens is 270 g/mol. The van der Waals surface area contributed by atoms with Crippen molar-refractivity contribution in [2.75, 3.05) is 6.61 Å². The third-order valence-electron chi connectivity index (χ3n) is 2.55. The first-order valence-corrected chi connectivity index (χ1v) is 7.34. The fourth-order valence-corrected chi connectivity index (χ4v) is 2.73. The Morgan fingerprint density at radius 1 is 1.32 bits per heavy atom. The van der Waals surface area contributed by atoms with Gasteiger partial charge in [0.2, 0.25) is 10.0 Å². The summed E-state index contributed by atoms with van der Waals surface area (Å²) in [6.45, 7) is 1.22. The van der Waals surface area contributed by atoms with Crippen molar-refractivity contribution >= 4 is 16.0 Å². The second-order valence-electron chi connectivity index (χ2n) is 4.09. The Morgan fingerprint density at radius 2 is 1.89 bits per heavy atom. The van der Waals surface area contributed by atoms with Gasteiger partial charge in [-0.1, -0.05) is 25.5 Å². The van der Waals surface area contributed by atoms with Gasteiger partial charge in [-0.05, 0) is 24.1 Å². The topological polar surface area (TPSA) is 104 Å². The number of aliphatic hydroxyl groups excluding tert-OH is 1. The maximum absolute atomic E-state index is 11.9. The highest BCUT2D eigenvalue weighted by molar-refractivity contribution is 7.89. The quantitative estimate of drug-likeness (QED) is 0.672. The normalized spacial score (nSPS) is 13.2. The van der Waals surface area contributed by atoms with Gasteiger partial charge in [-0.3, -0.25) is 4.79 Å². The van der Waals surface area contributed by atoms with Crippen LogP contribution in [0, 0.1) is 0 Å². The van der Waals surface area contributed by atoms with E-state index in [9.17, 15) is 13.2 Å². The number of carboxylic acids is 1. The molecule has 0 bridgehead atoms. The van der Waals surface area contributed by atoms with E-state index in [-0.39, 0.29) is 4.90 Å². The SMILES string of the molecule is CCCc1ccc(S(=O)(=O)NC(CO)C(=O)O)cc1. The van der Waals surface area contributed by atoms with Crippen LogP contribution in [0.15, 0.2) is 29.2 Å². The van der Waals surface area contributed by atoms with Crippen molar-refractivity contribution in [2.45, 2.75) is 30.7 Å². The number of benzene rings is 1. The fraction of sp³-hybridized carbons (Fsp3) is 0.417. The summed E-state index contributed by atoms with van der Waals surface area (Å²) < 4.78 is 25.7. The molecule has 0 fully saturated rings. The molecule has 6 nitrogen and oxygen atoms in total. The van der Waals surface area contributed by atoms with Gasteiger partial charge in [-0.2, -0.15) is 4.72 Å². The molecule has 1 atom stereocenters. The molecule has 0 aliphatic rings. The van der Waals surface area contributed by atoms with Crippen LogP contribution in [0.2, 0.25) is 0 Å². The van der Waals surface area contributed by atoms with Crippen LogP contribution in [0.3, 0.4) is 0 Å². The van der Waals surface area contributed by atoms with Crippen molar-refractivity contribution in [2.24, 2.45) is 0 Å². The van der Waals surface area contributed by atoms with Crippen molar-refractivity contribution in [1.82, 2.24) is 4.72 Å². The van der Waals surface area contributed by atoms with E-state index >= 15 is 0 Å². The molecule has 0 spiro atoms. The van der Waals surface area contributed by atoms with Gasteiger partial charge in [-0.15, -0.1) is 0 Å². The second kappa shape index (κ2) is 6.65. The minimum Gasteiger partial charge on any atom is -0.480 e. The van der Waals surface area contributed by atoms with Crippen LogP contribution in [-0.2, 0) is 21.2 Å². The molecule has 1 aromatic carbocycles. The van der Waals surface area contributed by atoms with Gasteiger partial charge in [0.15, 0.2) is 0 Å². The number of hydrogen-bond donors (Lipinski definition) is 3. The summed E-state index contributed by atoms with van der Waals surface area (Å²) in [5, 5.41) is 17.5. The van der Waals surface area contributed by atoms with E-state index in [1.165, 1.54) is 12.1 Å². The molecule has 0 aliphatic carbocycles. The van der Waals surface area contributed by atoms with Gasteiger partial charge in [0.25, 0.3) is 0 Å². The lowest BCUT2D eigenvalue weighted by atomic mass is 10.1. The van der Waals surface area contributed by atoms with E-state index in [1.807, 2.05) is 11.6 Å². The number of rotatable bonds is 7. The predicted octanol–water partition coefficient (Wildman–Crippen LogP) is 0.363. The summed E-state index contributed by atoms with van der Waals surface area (Å²) in [4.78, 5) is 10.7. The van der Waals surface area contributed by atoms with Crippen molar-refractivity contribution in [3.05, 3.63) is 29.8 Å². The number of nitrogens with one attached hydrogen (secondary N) is 1. The molecule has 0 heterocycles. The smallest absolute Gasteiger partial charge is 0.324 e. The zero-order chi connectivity index (χ0) is 14.5. The van der Waals surface area contributed by atoms with E-state index in [1.54, 1.807) is 12.1 Å². The fourth-order valence-electron chi connectivity index (χ4n) is 1.55. The molecule has 0 amide bonds. The van der Waals surface area contributed by atoms with Crippen LogP contribution in [-0.4, -0.2) is 37.2 Å². The van der Waals surface area contributed by atoms with Crippen LogP contribution >= 0.6 is 0 Å². The molecule has 19 heavy (non-hydrogen) atoms. The number of carboxylic acid groups (broad SMARTS) is 1. The monoisotopic (exact) mass is 287 g/mol. The summed E-state index contributed by atoms with van der Waals surface area (Å²) in [5.41, 5.74) is 1.01. The van der Waals surface area contributed by atoms with Crippen molar-refractivity contribution in [3.8, 4) is 0 Å². The first-order valence-electron chi connectivity index (χ1n) is 5.85.